The van der Waals surface area contributed by atoms with E-state index >= 15 is 0 Å². The summed E-state index contributed by atoms with van der Waals surface area (Å²) in [7, 11) is -3.67. The van der Waals surface area contributed by atoms with Crippen molar-refractivity contribution in [1.29, 1.82) is 0 Å². The van der Waals surface area contributed by atoms with Crippen LogP contribution in [0.2, 0.25) is 0 Å². The van der Waals surface area contributed by atoms with Crippen LogP contribution in [0.1, 0.15) is 19.4 Å². The molecule has 0 radical (unpaired) electrons. The van der Waals surface area contributed by atoms with Crippen LogP contribution in [0.3, 0.4) is 0 Å². The van der Waals surface area contributed by atoms with Crippen molar-refractivity contribution in [3.05, 3.63) is 35.9 Å². The van der Waals surface area contributed by atoms with Crippen molar-refractivity contribution in [3.8, 4) is 0 Å². The van der Waals surface area contributed by atoms with Crippen molar-refractivity contribution in [2.75, 3.05) is 6.26 Å². The highest BCUT2D eigenvalue weighted by Gasteiger charge is 2.10. The Kier molecular flexibility index (Phi) is 5.64. The lowest BCUT2D eigenvalue weighted by molar-refractivity contribution is 0.490. The SMILES string of the molecule is CC(C)(N)Cc1ccccc1.CS(=O)(=O)O. The molecule has 4 nitrogen and oxygen atoms in total. The van der Waals surface area contributed by atoms with Gasteiger partial charge in [-0.3, -0.25) is 4.55 Å². The molecule has 5 heteroatoms. The summed E-state index contributed by atoms with van der Waals surface area (Å²) in [4.78, 5) is 0. The van der Waals surface area contributed by atoms with Gasteiger partial charge in [0.1, 0.15) is 0 Å². The maximum absolute atomic E-state index is 9.19. The minimum Gasteiger partial charge on any atom is -0.325 e. The molecule has 0 aliphatic carbocycles. The zero-order chi connectivity index (χ0) is 12.8. The minimum absolute atomic E-state index is 0.0959. The van der Waals surface area contributed by atoms with Crippen molar-refractivity contribution in [2.45, 2.75) is 25.8 Å². The van der Waals surface area contributed by atoms with E-state index in [1.54, 1.807) is 0 Å². The second-order valence-corrected chi connectivity index (χ2v) is 5.85. The first kappa shape index (κ1) is 15.1. The summed E-state index contributed by atoms with van der Waals surface area (Å²) >= 11 is 0. The molecule has 0 aromatic heterocycles. The molecule has 0 atom stereocenters. The Balaban J connectivity index is 0.000000385. The molecule has 0 amide bonds. The second kappa shape index (κ2) is 5.98. The first-order valence-corrected chi connectivity index (χ1v) is 6.68. The molecule has 0 bridgehead atoms. The Morgan fingerprint density at radius 3 is 1.94 bits per heavy atom. The Morgan fingerprint density at radius 2 is 1.62 bits per heavy atom. The van der Waals surface area contributed by atoms with Crippen molar-refractivity contribution in [3.63, 3.8) is 0 Å². The normalized spacial score (nSPS) is 11.6. The van der Waals surface area contributed by atoms with Gasteiger partial charge in [0.05, 0.1) is 6.26 Å². The molecule has 0 unspecified atom stereocenters. The smallest absolute Gasteiger partial charge is 0.261 e. The molecule has 0 saturated carbocycles. The van der Waals surface area contributed by atoms with Gasteiger partial charge in [-0.05, 0) is 25.8 Å². The van der Waals surface area contributed by atoms with Crippen molar-refractivity contribution in [2.24, 2.45) is 5.73 Å². The fourth-order valence-corrected chi connectivity index (χ4v) is 1.12. The standard InChI is InChI=1S/C10H15N.CH4O3S/c1-10(2,11)8-9-6-4-3-5-7-9;1-5(2,3)4/h3-7H,8,11H2,1-2H3;1H3,(H,2,3,4). The maximum Gasteiger partial charge on any atom is 0.261 e. The van der Waals surface area contributed by atoms with Crippen LogP contribution in [0.4, 0.5) is 0 Å². The highest BCUT2D eigenvalue weighted by molar-refractivity contribution is 7.85. The second-order valence-electron chi connectivity index (χ2n) is 4.38. The number of benzene rings is 1. The molecule has 0 aliphatic heterocycles. The van der Waals surface area contributed by atoms with Gasteiger partial charge in [-0.1, -0.05) is 30.3 Å². The Bertz CT molecular complexity index is 385. The zero-order valence-corrected chi connectivity index (χ0v) is 10.7. The summed E-state index contributed by atoms with van der Waals surface area (Å²) in [6.07, 6.45) is 1.65. The van der Waals surface area contributed by atoms with Crippen molar-refractivity contribution in [1.82, 2.24) is 0 Å². The summed E-state index contributed by atoms with van der Waals surface area (Å²) in [6, 6.07) is 10.3. The van der Waals surface area contributed by atoms with Gasteiger partial charge >= 0.3 is 0 Å². The molecule has 1 aromatic rings. The van der Waals surface area contributed by atoms with Crippen LogP contribution in [0.15, 0.2) is 30.3 Å². The highest BCUT2D eigenvalue weighted by Crippen LogP contribution is 2.08. The maximum atomic E-state index is 9.19. The predicted octanol–water partition coefficient (Wildman–Crippen LogP) is 1.47. The summed E-state index contributed by atoms with van der Waals surface area (Å²) < 4.78 is 25.9. The van der Waals surface area contributed by atoms with Gasteiger partial charge in [0.15, 0.2) is 0 Å². The first-order chi connectivity index (χ1) is 7.08. The van der Waals surface area contributed by atoms with Gasteiger partial charge in [-0.2, -0.15) is 8.42 Å². The van der Waals surface area contributed by atoms with E-state index in [4.69, 9.17) is 10.3 Å². The van der Waals surface area contributed by atoms with E-state index in [0.717, 1.165) is 6.42 Å². The van der Waals surface area contributed by atoms with E-state index in [9.17, 15) is 8.42 Å². The van der Waals surface area contributed by atoms with E-state index in [1.165, 1.54) is 5.56 Å². The van der Waals surface area contributed by atoms with Crippen LogP contribution in [0, 0.1) is 0 Å². The Hall–Kier alpha value is -0.910. The molecule has 0 fully saturated rings. The van der Waals surface area contributed by atoms with Crippen LogP contribution in [-0.2, 0) is 16.5 Å². The molecular formula is C11H19NO3S. The molecule has 16 heavy (non-hydrogen) atoms. The van der Waals surface area contributed by atoms with Gasteiger partial charge in [0, 0.05) is 5.54 Å². The fourth-order valence-electron chi connectivity index (χ4n) is 1.12. The topological polar surface area (TPSA) is 80.4 Å². The number of rotatable bonds is 2. The van der Waals surface area contributed by atoms with Gasteiger partial charge in [0.2, 0.25) is 0 Å². The summed E-state index contributed by atoms with van der Waals surface area (Å²) in [5, 5.41) is 0. The van der Waals surface area contributed by atoms with E-state index < -0.39 is 10.1 Å². The average molecular weight is 245 g/mol. The third-order valence-electron chi connectivity index (χ3n) is 1.50. The lowest BCUT2D eigenvalue weighted by Gasteiger charge is -2.17. The molecule has 0 spiro atoms. The Morgan fingerprint density at radius 1 is 1.25 bits per heavy atom. The fraction of sp³-hybridized carbons (Fsp3) is 0.455. The molecule has 0 aliphatic rings. The van der Waals surface area contributed by atoms with Crippen LogP contribution in [-0.4, -0.2) is 24.8 Å². The highest BCUT2D eigenvalue weighted by atomic mass is 32.2. The van der Waals surface area contributed by atoms with Gasteiger partial charge in [-0.15, -0.1) is 0 Å². The predicted molar refractivity (Wildman–Crippen MR) is 65.9 cm³/mol. The van der Waals surface area contributed by atoms with E-state index in [0.29, 0.717) is 6.26 Å². The minimum atomic E-state index is -3.67. The average Bonchev–Trinajstić information content (AvgIpc) is 1.99. The molecule has 1 aromatic carbocycles. The molecule has 0 heterocycles. The lowest BCUT2D eigenvalue weighted by Crippen LogP contribution is -2.34. The number of hydrogen-bond acceptors (Lipinski definition) is 3. The van der Waals surface area contributed by atoms with E-state index in [1.807, 2.05) is 32.0 Å². The lowest BCUT2D eigenvalue weighted by atomic mass is 9.96. The number of hydrogen-bond donors (Lipinski definition) is 2. The molecule has 1 rings (SSSR count). The van der Waals surface area contributed by atoms with Gasteiger partial charge < -0.3 is 5.73 Å². The molecule has 92 valence electrons. The first-order valence-electron chi connectivity index (χ1n) is 4.83. The van der Waals surface area contributed by atoms with Crippen LogP contribution < -0.4 is 5.73 Å². The third-order valence-corrected chi connectivity index (χ3v) is 1.50. The van der Waals surface area contributed by atoms with Gasteiger partial charge in [-0.25, -0.2) is 0 Å². The summed E-state index contributed by atoms with van der Waals surface area (Å²) in [6.45, 7) is 4.08. The third kappa shape index (κ3) is 13.1. The monoisotopic (exact) mass is 245 g/mol. The van der Waals surface area contributed by atoms with Crippen LogP contribution >= 0.6 is 0 Å². The quantitative estimate of drug-likeness (QED) is 0.773. The zero-order valence-electron chi connectivity index (χ0n) is 9.84. The molecule has 0 saturated heterocycles. The van der Waals surface area contributed by atoms with Crippen LogP contribution in [0.5, 0.6) is 0 Å². The molecule has 3 N–H and O–H groups in total. The van der Waals surface area contributed by atoms with Crippen molar-refractivity contribution < 1.29 is 13.0 Å². The largest absolute Gasteiger partial charge is 0.325 e. The van der Waals surface area contributed by atoms with Gasteiger partial charge in [0.25, 0.3) is 10.1 Å². The Labute approximate surface area is 97.2 Å². The number of nitrogens with two attached hydrogens (primary N) is 1. The summed E-state index contributed by atoms with van der Waals surface area (Å²) in [5.74, 6) is 0. The summed E-state index contributed by atoms with van der Waals surface area (Å²) in [5.41, 5.74) is 7.08. The van der Waals surface area contributed by atoms with E-state index in [-0.39, 0.29) is 5.54 Å². The molecular weight excluding hydrogens is 226 g/mol. The van der Waals surface area contributed by atoms with E-state index in [2.05, 4.69) is 12.1 Å². The van der Waals surface area contributed by atoms with Crippen LogP contribution in [0.25, 0.3) is 0 Å². The van der Waals surface area contributed by atoms with Crippen molar-refractivity contribution >= 4 is 10.1 Å².